The van der Waals surface area contributed by atoms with Gasteiger partial charge in [-0.25, -0.2) is 0 Å². The Hall–Kier alpha value is -2.21. The van der Waals surface area contributed by atoms with E-state index in [-0.39, 0.29) is 0 Å². The van der Waals surface area contributed by atoms with Crippen LogP contribution in [0.1, 0.15) is 17.8 Å². The summed E-state index contributed by atoms with van der Waals surface area (Å²) >= 11 is 0. The second kappa shape index (κ2) is 5.19. The van der Waals surface area contributed by atoms with Crippen molar-refractivity contribution >= 4 is 11.3 Å². The van der Waals surface area contributed by atoms with Crippen molar-refractivity contribution < 1.29 is 0 Å². The van der Waals surface area contributed by atoms with E-state index < -0.39 is 0 Å². The van der Waals surface area contributed by atoms with Crippen LogP contribution in [0.4, 0.5) is 5.69 Å². The van der Waals surface area contributed by atoms with E-state index in [1.54, 1.807) is 0 Å². The maximum atomic E-state index is 5.70. The second-order valence-corrected chi connectivity index (χ2v) is 4.71. The first-order chi connectivity index (χ1) is 9.31. The molecule has 6 nitrogen and oxygen atoms in total. The quantitative estimate of drug-likeness (QED) is 0.803. The fraction of sp³-hybridized carbons (Fsp3) is 0.308. The molecule has 3 rings (SSSR count). The van der Waals surface area contributed by atoms with Crippen molar-refractivity contribution in [2.75, 3.05) is 18.8 Å². The van der Waals surface area contributed by atoms with Crippen LogP contribution in [0.25, 0.3) is 5.57 Å². The van der Waals surface area contributed by atoms with E-state index >= 15 is 0 Å². The monoisotopic (exact) mass is 256 g/mol. The molecule has 2 aromatic rings. The second-order valence-electron chi connectivity index (χ2n) is 4.71. The number of nitrogens with two attached hydrogens (primary N) is 1. The number of benzene rings is 1. The van der Waals surface area contributed by atoms with Crippen LogP contribution in [0.15, 0.2) is 30.3 Å². The molecule has 0 unspecified atom stereocenters. The van der Waals surface area contributed by atoms with Crippen LogP contribution >= 0.6 is 0 Å². The molecule has 19 heavy (non-hydrogen) atoms. The third-order valence-electron chi connectivity index (χ3n) is 3.25. The highest BCUT2D eigenvalue weighted by Crippen LogP contribution is 2.19. The average Bonchev–Trinajstić information content (AvgIpc) is 2.96. The van der Waals surface area contributed by atoms with Crippen LogP contribution in [0.5, 0.6) is 0 Å². The molecule has 0 saturated heterocycles. The van der Waals surface area contributed by atoms with Gasteiger partial charge in [0.2, 0.25) is 5.82 Å². The summed E-state index contributed by atoms with van der Waals surface area (Å²) in [5, 5.41) is 14.2. The molecule has 0 spiro atoms. The topological polar surface area (TPSA) is 83.7 Å². The maximum Gasteiger partial charge on any atom is 0.201 e. The summed E-state index contributed by atoms with van der Waals surface area (Å²) < 4.78 is 0. The van der Waals surface area contributed by atoms with Crippen molar-refractivity contribution in [3.8, 4) is 0 Å². The van der Waals surface area contributed by atoms with E-state index in [0.717, 1.165) is 37.3 Å². The number of nitrogens with one attached hydrogen (secondary N) is 1. The Morgan fingerprint density at radius 1 is 1.26 bits per heavy atom. The number of anilines is 1. The van der Waals surface area contributed by atoms with Gasteiger partial charge in [0.25, 0.3) is 0 Å². The SMILES string of the molecule is Nc1ccc(CN2CCC=C(c3nn[nH]n3)C2)cc1. The molecule has 1 aliphatic rings. The molecule has 3 N–H and O–H groups in total. The van der Waals surface area contributed by atoms with Crippen molar-refractivity contribution in [1.29, 1.82) is 0 Å². The van der Waals surface area contributed by atoms with E-state index in [9.17, 15) is 0 Å². The minimum atomic E-state index is 0.696. The lowest BCUT2D eigenvalue weighted by Gasteiger charge is -2.26. The first kappa shape index (κ1) is 11.9. The zero-order valence-electron chi connectivity index (χ0n) is 10.6. The Bertz CT molecular complexity index is 557. The van der Waals surface area contributed by atoms with Gasteiger partial charge in [-0.05, 0) is 29.3 Å². The van der Waals surface area contributed by atoms with E-state index in [1.807, 2.05) is 12.1 Å². The normalized spacial score (nSPS) is 16.3. The molecule has 0 bridgehead atoms. The highest BCUT2D eigenvalue weighted by molar-refractivity contribution is 5.61. The zero-order chi connectivity index (χ0) is 13.1. The summed E-state index contributed by atoms with van der Waals surface area (Å²) in [6.07, 6.45) is 3.20. The van der Waals surface area contributed by atoms with E-state index in [4.69, 9.17) is 5.73 Å². The molecule has 0 fully saturated rings. The number of hydrogen-bond donors (Lipinski definition) is 2. The number of rotatable bonds is 3. The van der Waals surface area contributed by atoms with Crippen molar-refractivity contribution in [2.24, 2.45) is 0 Å². The van der Waals surface area contributed by atoms with Crippen LogP contribution in [0.3, 0.4) is 0 Å². The number of hydrogen-bond acceptors (Lipinski definition) is 5. The number of nitrogens with zero attached hydrogens (tertiary/aromatic N) is 4. The zero-order valence-corrected chi connectivity index (χ0v) is 10.6. The van der Waals surface area contributed by atoms with Crippen LogP contribution in [-0.4, -0.2) is 38.6 Å². The Balaban J connectivity index is 1.67. The molecule has 1 aromatic carbocycles. The molecule has 0 saturated carbocycles. The number of tetrazole rings is 1. The standard InChI is InChI=1S/C13H16N6/c14-12-5-3-10(4-6-12)8-19-7-1-2-11(9-19)13-15-17-18-16-13/h2-6H,1,7-9,14H2,(H,15,16,17,18). The Morgan fingerprint density at radius 3 is 2.84 bits per heavy atom. The molecule has 0 amide bonds. The van der Waals surface area contributed by atoms with E-state index in [0.29, 0.717) is 5.82 Å². The molecule has 0 atom stereocenters. The Morgan fingerprint density at radius 2 is 2.11 bits per heavy atom. The van der Waals surface area contributed by atoms with Gasteiger partial charge in [-0.2, -0.15) is 5.21 Å². The highest BCUT2D eigenvalue weighted by atomic mass is 15.5. The van der Waals surface area contributed by atoms with Gasteiger partial charge in [0, 0.05) is 30.9 Å². The number of nitrogen functional groups attached to an aromatic ring is 1. The largest absolute Gasteiger partial charge is 0.399 e. The van der Waals surface area contributed by atoms with Gasteiger partial charge in [0.15, 0.2) is 0 Å². The summed E-state index contributed by atoms with van der Waals surface area (Å²) in [5.41, 5.74) is 8.90. The summed E-state index contributed by atoms with van der Waals surface area (Å²) in [4.78, 5) is 2.37. The molecule has 98 valence electrons. The molecule has 1 aliphatic heterocycles. The van der Waals surface area contributed by atoms with E-state index in [2.05, 4.69) is 43.7 Å². The predicted molar refractivity (Wildman–Crippen MR) is 72.9 cm³/mol. The van der Waals surface area contributed by atoms with Crippen molar-refractivity contribution in [3.05, 3.63) is 41.7 Å². The van der Waals surface area contributed by atoms with Gasteiger partial charge in [0.05, 0.1) is 0 Å². The lowest BCUT2D eigenvalue weighted by molar-refractivity contribution is 0.296. The number of H-pyrrole nitrogens is 1. The third-order valence-corrected chi connectivity index (χ3v) is 3.25. The Kier molecular flexibility index (Phi) is 3.24. The molecular weight excluding hydrogens is 240 g/mol. The van der Waals surface area contributed by atoms with Crippen molar-refractivity contribution in [2.45, 2.75) is 13.0 Å². The molecule has 1 aromatic heterocycles. The molecule has 0 aliphatic carbocycles. The smallest absolute Gasteiger partial charge is 0.201 e. The highest BCUT2D eigenvalue weighted by Gasteiger charge is 2.16. The van der Waals surface area contributed by atoms with E-state index in [1.165, 1.54) is 5.56 Å². The van der Waals surface area contributed by atoms with Crippen LogP contribution in [0, 0.1) is 0 Å². The first-order valence-corrected chi connectivity index (χ1v) is 6.31. The van der Waals surface area contributed by atoms with Gasteiger partial charge in [-0.15, -0.1) is 10.2 Å². The van der Waals surface area contributed by atoms with Gasteiger partial charge in [0.1, 0.15) is 0 Å². The fourth-order valence-electron chi connectivity index (χ4n) is 2.28. The lowest BCUT2D eigenvalue weighted by Crippen LogP contribution is -2.29. The lowest BCUT2D eigenvalue weighted by atomic mass is 10.1. The number of aromatic nitrogens is 4. The van der Waals surface area contributed by atoms with Gasteiger partial charge in [-0.1, -0.05) is 18.2 Å². The Labute approximate surface area is 111 Å². The first-order valence-electron chi connectivity index (χ1n) is 6.31. The van der Waals surface area contributed by atoms with Gasteiger partial charge < -0.3 is 5.73 Å². The average molecular weight is 256 g/mol. The van der Waals surface area contributed by atoms with Crippen molar-refractivity contribution in [1.82, 2.24) is 25.5 Å². The summed E-state index contributed by atoms with van der Waals surface area (Å²) in [6.45, 7) is 2.81. The van der Waals surface area contributed by atoms with Gasteiger partial charge >= 0.3 is 0 Å². The fourth-order valence-corrected chi connectivity index (χ4v) is 2.28. The molecule has 0 radical (unpaired) electrons. The minimum absolute atomic E-state index is 0.696. The third kappa shape index (κ3) is 2.79. The summed E-state index contributed by atoms with van der Waals surface area (Å²) in [7, 11) is 0. The summed E-state index contributed by atoms with van der Waals surface area (Å²) in [5.74, 6) is 0.696. The van der Waals surface area contributed by atoms with Crippen molar-refractivity contribution in [3.63, 3.8) is 0 Å². The maximum absolute atomic E-state index is 5.70. The van der Waals surface area contributed by atoms with Crippen LogP contribution < -0.4 is 5.73 Å². The molecule has 2 heterocycles. The predicted octanol–water partition coefficient (Wildman–Crippen LogP) is 1.07. The van der Waals surface area contributed by atoms with Crippen LogP contribution in [0.2, 0.25) is 0 Å². The molecular formula is C13H16N6. The summed E-state index contributed by atoms with van der Waals surface area (Å²) in [6, 6.07) is 8.02. The van der Waals surface area contributed by atoms with Crippen LogP contribution in [-0.2, 0) is 6.54 Å². The number of aromatic amines is 1. The molecule has 6 heteroatoms. The van der Waals surface area contributed by atoms with Gasteiger partial charge in [-0.3, -0.25) is 4.90 Å². The minimum Gasteiger partial charge on any atom is -0.399 e.